The second-order valence-corrected chi connectivity index (χ2v) is 2.28. The first kappa shape index (κ1) is 10.4. The fraction of sp³-hybridized carbons (Fsp3) is 0.857. The number of esters is 1. The molecule has 0 aromatic carbocycles. The molecule has 0 aromatic heterocycles. The Kier molecular flexibility index (Phi) is 5.78. The van der Waals surface area contributed by atoms with Crippen LogP contribution in [0.1, 0.15) is 13.8 Å². The molecule has 0 heterocycles. The molecule has 0 aliphatic carbocycles. The highest BCUT2D eigenvalue weighted by molar-refractivity contribution is 5.71. The van der Waals surface area contributed by atoms with E-state index in [1.54, 1.807) is 13.8 Å². The maximum atomic E-state index is 10.7. The molecule has 0 aliphatic heterocycles. The second-order valence-electron chi connectivity index (χ2n) is 2.28. The summed E-state index contributed by atoms with van der Waals surface area (Å²) >= 11 is 0. The smallest absolute Gasteiger partial charge is 0.319 e. The van der Waals surface area contributed by atoms with Crippen molar-refractivity contribution in [2.24, 2.45) is 0 Å². The number of hydrogen-bond donors (Lipinski definition) is 2. The van der Waals surface area contributed by atoms with E-state index in [2.05, 4.69) is 10.1 Å². The van der Waals surface area contributed by atoms with Crippen molar-refractivity contribution in [1.29, 1.82) is 0 Å². The normalized spacial score (nSPS) is 12.6. The van der Waals surface area contributed by atoms with Crippen LogP contribution in [0.3, 0.4) is 0 Å². The lowest BCUT2D eigenvalue weighted by molar-refractivity contribution is -0.142. The van der Waals surface area contributed by atoms with Crippen molar-refractivity contribution >= 4 is 5.97 Å². The zero-order valence-corrected chi connectivity index (χ0v) is 6.96. The lowest BCUT2D eigenvalue weighted by Gasteiger charge is -2.05. The minimum Gasteiger partial charge on any atom is -0.465 e. The molecule has 0 saturated heterocycles. The lowest BCUT2D eigenvalue weighted by atomic mass is 10.4. The molecule has 11 heavy (non-hydrogen) atoms. The highest BCUT2D eigenvalue weighted by Crippen LogP contribution is 1.77. The molecule has 0 spiro atoms. The minimum atomic E-state index is -0.426. The first-order chi connectivity index (χ1) is 5.16. The Labute approximate surface area is 66.5 Å². The van der Waals surface area contributed by atoms with Crippen molar-refractivity contribution in [3.63, 3.8) is 0 Å². The molecule has 0 radical (unpaired) electrons. The molecule has 66 valence electrons. The van der Waals surface area contributed by atoms with Gasteiger partial charge in [0, 0.05) is 6.54 Å². The molecule has 1 atom stereocenters. The van der Waals surface area contributed by atoms with Gasteiger partial charge in [-0.15, -0.1) is 0 Å². The standard InChI is InChI=1S/C7H15NO3/c1-3-11-7(10)5-8-4-6(2)9/h6,8-9H,3-5H2,1-2H3/t6-/m1/s1. The summed E-state index contributed by atoms with van der Waals surface area (Å²) in [5, 5.41) is 11.5. The third-order valence-corrected chi connectivity index (χ3v) is 1.01. The number of rotatable bonds is 5. The van der Waals surface area contributed by atoms with Gasteiger partial charge in [0.15, 0.2) is 0 Å². The van der Waals surface area contributed by atoms with E-state index in [-0.39, 0.29) is 12.5 Å². The SMILES string of the molecule is CCOC(=O)CNC[C@@H](C)O. The van der Waals surface area contributed by atoms with Gasteiger partial charge >= 0.3 is 5.97 Å². The topological polar surface area (TPSA) is 58.6 Å². The zero-order chi connectivity index (χ0) is 8.69. The van der Waals surface area contributed by atoms with Gasteiger partial charge < -0.3 is 15.2 Å². The summed E-state index contributed by atoms with van der Waals surface area (Å²) in [6.45, 7) is 4.39. The van der Waals surface area contributed by atoms with Crippen LogP contribution in [0.15, 0.2) is 0 Å². The van der Waals surface area contributed by atoms with E-state index in [1.165, 1.54) is 0 Å². The predicted molar refractivity (Wildman–Crippen MR) is 41.2 cm³/mol. The Bertz CT molecular complexity index is 114. The Hall–Kier alpha value is -0.610. The van der Waals surface area contributed by atoms with E-state index in [9.17, 15) is 4.79 Å². The molecule has 0 amide bonds. The van der Waals surface area contributed by atoms with Gasteiger partial charge in [0.1, 0.15) is 0 Å². The van der Waals surface area contributed by atoms with Gasteiger partial charge in [-0.2, -0.15) is 0 Å². The molecule has 4 heteroatoms. The van der Waals surface area contributed by atoms with Gasteiger partial charge in [-0.1, -0.05) is 0 Å². The highest BCUT2D eigenvalue weighted by Gasteiger charge is 2.00. The third kappa shape index (κ3) is 7.29. The number of ether oxygens (including phenoxy) is 1. The lowest BCUT2D eigenvalue weighted by Crippen LogP contribution is -2.30. The van der Waals surface area contributed by atoms with E-state index >= 15 is 0 Å². The van der Waals surface area contributed by atoms with Gasteiger partial charge in [0.05, 0.1) is 19.3 Å². The molecule has 4 nitrogen and oxygen atoms in total. The Balaban J connectivity index is 3.17. The van der Waals surface area contributed by atoms with Crippen molar-refractivity contribution in [2.75, 3.05) is 19.7 Å². The average molecular weight is 161 g/mol. The predicted octanol–water partition coefficient (Wildman–Crippen LogP) is -0.480. The molecule has 0 aliphatic rings. The Morgan fingerprint density at radius 2 is 2.36 bits per heavy atom. The van der Waals surface area contributed by atoms with Gasteiger partial charge in [-0.05, 0) is 13.8 Å². The van der Waals surface area contributed by atoms with Crippen LogP contribution < -0.4 is 5.32 Å². The maximum absolute atomic E-state index is 10.7. The van der Waals surface area contributed by atoms with Crippen molar-refractivity contribution in [2.45, 2.75) is 20.0 Å². The highest BCUT2D eigenvalue weighted by atomic mass is 16.5. The van der Waals surface area contributed by atoms with Crippen LogP contribution in [0, 0.1) is 0 Å². The average Bonchev–Trinajstić information content (AvgIpc) is 1.87. The largest absolute Gasteiger partial charge is 0.465 e. The van der Waals surface area contributed by atoms with Crippen molar-refractivity contribution in [3.05, 3.63) is 0 Å². The number of aliphatic hydroxyl groups is 1. The van der Waals surface area contributed by atoms with E-state index < -0.39 is 6.10 Å². The Morgan fingerprint density at radius 1 is 1.73 bits per heavy atom. The first-order valence-corrected chi connectivity index (χ1v) is 3.71. The van der Waals surface area contributed by atoms with Crippen LogP contribution in [-0.4, -0.2) is 36.9 Å². The third-order valence-electron chi connectivity index (χ3n) is 1.01. The molecule has 0 unspecified atom stereocenters. The summed E-state index contributed by atoms with van der Waals surface area (Å²) in [6, 6.07) is 0. The molecule has 0 rings (SSSR count). The van der Waals surface area contributed by atoms with E-state index in [0.29, 0.717) is 13.2 Å². The molecule has 2 N–H and O–H groups in total. The fourth-order valence-electron chi connectivity index (χ4n) is 0.595. The van der Waals surface area contributed by atoms with Gasteiger partial charge in [0.2, 0.25) is 0 Å². The summed E-state index contributed by atoms with van der Waals surface area (Å²) in [5.41, 5.74) is 0. The molecule has 0 aromatic rings. The molecule has 0 fully saturated rings. The zero-order valence-electron chi connectivity index (χ0n) is 6.96. The summed E-state index contributed by atoms with van der Waals surface area (Å²) in [6.07, 6.45) is -0.426. The van der Waals surface area contributed by atoms with Crippen LogP contribution >= 0.6 is 0 Å². The maximum Gasteiger partial charge on any atom is 0.319 e. The van der Waals surface area contributed by atoms with Crippen LogP contribution in [0.25, 0.3) is 0 Å². The van der Waals surface area contributed by atoms with Crippen LogP contribution in [0.5, 0.6) is 0 Å². The molecular formula is C7H15NO3. The summed E-state index contributed by atoms with van der Waals surface area (Å²) < 4.78 is 4.64. The van der Waals surface area contributed by atoms with E-state index in [1.807, 2.05) is 0 Å². The minimum absolute atomic E-state index is 0.165. The second kappa shape index (κ2) is 6.12. The van der Waals surface area contributed by atoms with Crippen molar-refractivity contribution in [1.82, 2.24) is 5.32 Å². The fourth-order valence-corrected chi connectivity index (χ4v) is 0.595. The molecular weight excluding hydrogens is 146 g/mol. The van der Waals surface area contributed by atoms with Gasteiger partial charge in [0.25, 0.3) is 0 Å². The van der Waals surface area contributed by atoms with Crippen molar-refractivity contribution in [3.8, 4) is 0 Å². The quantitative estimate of drug-likeness (QED) is 0.535. The number of hydrogen-bond acceptors (Lipinski definition) is 4. The Morgan fingerprint density at radius 3 is 2.82 bits per heavy atom. The van der Waals surface area contributed by atoms with Crippen LogP contribution in [0.4, 0.5) is 0 Å². The molecule has 0 saturated carbocycles. The summed E-state index contributed by atoms with van der Waals surface area (Å²) in [4.78, 5) is 10.7. The van der Waals surface area contributed by atoms with E-state index in [4.69, 9.17) is 5.11 Å². The number of aliphatic hydroxyl groups excluding tert-OH is 1. The number of carbonyl (C=O) groups excluding carboxylic acids is 1. The van der Waals surface area contributed by atoms with Crippen LogP contribution in [-0.2, 0) is 9.53 Å². The molecule has 0 bridgehead atoms. The van der Waals surface area contributed by atoms with E-state index in [0.717, 1.165) is 0 Å². The number of nitrogens with one attached hydrogen (secondary N) is 1. The first-order valence-electron chi connectivity index (χ1n) is 3.71. The van der Waals surface area contributed by atoms with Gasteiger partial charge in [-0.3, -0.25) is 4.79 Å². The van der Waals surface area contributed by atoms with Crippen LogP contribution in [0.2, 0.25) is 0 Å². The summed E-state index contributed by atoms with van der Waals surface area (Å²) in [5.74, 6) is -0.284. The van der Waals surface area contributed by atoms with Gasteiger partial charge in [-0.25, -0.2) is 0 Å². The number of carbonyl (C=O) groups is 1. The summed E-state index contributed by atoms with van der Waals surface area (Å²) in [7, 11) is 0. The van der Waals surface area contributed by atoms with Crippen molar-refractivity contribution < 1.29 is 14.6 Å². The monoisotopic (exact) mass is 161 g/mol.